The zero-order chi connectivity index (χ0) is 49.4. The lowest BCUT2D eigenvalue weighted by molar-refractivity contribution is 0.0528. The lowest BCUT2D eigenvalue weighted by atomic mass is 10.0. The van der Waals surface area contributed by atoms with Crippen LogP contribution in [0.5, 0.6) is 17.2 Å². The molecule has 0 aromatic heterocycles. The summed E-state index contributed by atoms with van der Waals surface area (Å²) in [6.07, 6.45) is 8.55. The van der Waals surface area contributed by atoms with Gasteiger partial charge in [-0.15, -0.1) is 0 Å². The second-order valence-electron chi connectivity index (χ2n) is 20.7. The molecule has 1 saturated carbocycles. The summed E-state index contributed by atoms with van der Waals surface area (Å²) in [6.45, 7) is 23.8. The van der Waals surface area contributed by atoms with Crippen LogP contribution in [0.2, 0.25) is 18.1 Å². The summed E-state index contributed by atoms with van der Waals surface area (Å²) in [7, 11) is -0.967. The number of hydrogen-bond acceptors (Lipinski definition) is 10. The first kappa shape index (κ1) is 49.4. The van der Waals surface area contributed by atoms with Crippen LogP contribution in [0.25, 0.3) is 5.57 Å². The van der Waals surface area contributed by atoms with E-state index in [0.29, 0.717) is 78.8 Å². The zero-order valence-corrected chi connectivity index (χ0v) is 42.6. The number of rotatable bonds is 16. The number of nitrogens with zero attached hydrogens (tertiary/aromatic N) is 4. The third-order valence-electron chi connectivity index (χ3n) is 14.7. The molecule has 0 unspecified atom stereocenters. The van der Waals surface area contributed by atoms with Crippen LogP contribution in [0.4, 0.5) is 21.0 Å². The molecule has 1 spiro atoms. The molecule has 4 heterocycles. The highest BCUT2D eigenvalue weighted by molar-refractivity contribution is 6.74. The normalized spacial score (nSPS) is 20.2. The Morgan fingerprint density at radius 3 is 2.10 bits per heavy atom. The highest BCUT2D eigenvalue weighted by Crippen LogP contribution is 2.57. The SMILES string of the molecule is C=CCOC(=O)N1C[C@@H]2CC(c3ccc(C)cc3)=CN2C(=O)c2cc(OC)c(OCCCCCOc3cc4c(cc3C)C(=O)N3CC5(CC5)C[C@H]3[C@H](O[Si](C)(C)C(C)(C)C)N4C(=O)OCC=C)cc21. The van der Waals surface area contributed by atoms with Crippen molar-refractivity contribution >= 4 is 49.3 Å². The van der Waals surface area contributed by atoms with E-state index in [4.69, 9.17) is 28.1 Å². The Balaban J connectivity index is 0.962. The Morgan fingerprint density at radius 1 is 0.826 bits per heavy atom. The number of aryl methyl sites for hydroxylation is 2. The molecular formula is C54H68N4O10Si. The summed E-state index contributed by atoms with van der Waals surface area (Å²) in [6, 6.07) is 14.5. The average Bonchev–Trinajstić information content (AvgIpc) is 3.82. The number of methoxy groups -OCH3 is 1. The maximum Gasteiger partial charge on any atom is 0.416 e. The molecule has 3 aromatic rings. The van der Waals surface area contributed by atoms with E-state index in [2.05, 4.69) is 47.0 Å². The molecule has 5 aliphatic rings. The van der Waals surface area contributed by atoms with E-state index >= 15 is 0 Å². The highest BCUT2D eigenvalue weighted by atomic mass is 28.4. The van der Waals surface area contributed by atoms with Gasteiger partial charge in [-0.2, -0.15) is 0 Å². The molecule has 1 aliphatic carbocycles. The predicted octanol–water partition coefficient (Wildman–Crippen LogP) is 10.8. The van der Waals surface area contributed by atoms with Crippen molar-refractivity contribution in [3.05, 3.63) is 108 Å². The van der Waals surface area contributed by atoms with Gasteiger partial charge in [-0.1, -0.05) is 75.9 Å². The first-order chi connectivity index (χ1) is 32.9. The van der Waals surface area contributed by atoms with Crippen molar-refractivity contribution < 1.29 is 47.3 Å². The Hall–Kier alpha value is -6.06. The fourth-order valence-electron chi connectivity index (χ4n) is 9.60. The Labute approximate surface area is 407 Å². The van der Waals surface area contributed by atoms with Crippen LogP contribution in [0, 0.1) is 19.3 Å². The first-order valence-electron chi connectivity index (χ1n) is 24.2. The number of amides is 4. The minimum absolute atomic E-state index is 0.0117. The van der Waals surface area contributed by atoms with E-state index in [1.807, 2.05) is 55.3 Å². The number of ether oxygens (including phenoxy) is 5. The minimum atomic E-state index is -2.49. The molecule has 3 atom stereocenters. The highest BCUT2D eigenvalue weighted by Gasteiger charge is 2.59. The van der Waals surface area contributed by atoms with Crippen LogP contribution in [0.1, 0.15) is 103 Å². The molecule has 368 valence electrons. The van der Waals surface area contributed by atoms with Crippen molar-refractivity contribution in [2.45, 2.75) is 116 Å². The van der Waals surface area contributed by atoms with Crippen LogP contribution in [-0.2, 0) is 13.9 Å². The largest absolute Gasteiger partial charge is 0.493 e. The molecule has 1 saturated heterocycles. The van der Waals surface area contributed by atoms with E-state index in [-0.39, 0.29) is 54.1 Å². The van der Waals surface area contributed by atoms with Crippen molar-refractivity contribution in [2.75, 3.05) is 56.4 Å². The molecule has 14 nitrogen and oxygen atoms in total. The number of fused-ring (bicyclic) bond motifs is 4. The van der Waals surface area contributed by atoms with E-state index in [1.165, 1.54) is 24.2 Å². The summed E-state index contributed by atoms with van der Waals surface area (Å²) in [5.41, 5.74) is 5.55. The quantitative estimate of drug-likeness (QED) is 0.0775. The van der Waals surface area contributed by atoms with Gasteiger partial charge >= 0.3 is 12.2 Å². The number of hydrogen-bond donors (Lipinski definition) is 0. The second kappa shape index (κ2) is 19.7. The van der Waals surface area contributed by atoms with Gasteiger partial charge in [-0.25, -0.2) is 14.5 Å². The van der Waals surface area contributed by atoms with Gasteiger partial charge in [-0.05, 0) is 111 Å². The topological polar surface area (TPSA) is 137 Å². The molecule has 0 radical (unpaired) electrons. The van der Waals surface area contributed by atoms with E-state index in [9.17, 15) is 19.2 Å². The van der Waals surface area contributed by atoms with Gasteiger partial charge in [0.2, 0.25) is 0 Å². The van der Waals surface area contributed by atoms with Gasteiger partial charge < -0.3 is 37.9 Å². The maximum absolute atomic E-state index is 14.6. The Bertz CT molecular complexity index is 2530. The fourth-order valence-corrected chi connectivity index (χ4v) is 10.8. The predicted molar refractivity (Wildman–Crippen MR) is 269 cm³/mol. The molecule has 0 bridgehead atoms. The summed E-state index contributed by atoms with van der Waals surface area (Å²) in [5, 5.41) is -0.158. The first-order valence-corrected chi connectivity index (χ1v) is 27.1. The molecule has 4 amide bonds. The number of unbranched alkanes of at least 4 members (excludes halogenated alkanes) is 2. The Kier molecular flexibility index (Phi) is 14.1. The molecule has 8 rings (SSSR count). The summed E-state index contributed by atoms with van der Waals surface area (Å²) < 4.78 is 36.9. The van der Waals surface area contributed by atoms with Crippen molar-refractivity contribution in [3.8, 4) is 17.2 Å². The molecule has 4 aliphatic heterocycles. The van der Waals surface area contributed by atoms with Crippen LogP contribution >= 0.6 is 0 Å². The monoisotopic (exact) mass is 960 g/mol. The molecule has 2 fully saturated rings. The minimum Gasteiger partial charge on any atom is -0.493 e. The van der Waals surface area contributed by atoms with Crippen molar-refractivity contribution in [1.82, 2.24) is 9.80 Å². The lowest BCUT2D eigenvalue weighted by Gasteiger charge is -2.44. The summed E-state index contributed by atoms with van der Waals surface area (Å²) in [5.74, 6) is 0.973. The Morgan fingerprint density at radius 2 is 1.46 bits per heavy atom. The number of carbonyl (C=O) groups is 4. The summed E-state index contributed by atoms with van der Waals surface area (Å²) in [4.78, 5) is 63.4. The average molecular weight is 961 g/mol. The number of carbonyl (C=O) groups excluding carboxylic acids is 4. The van der Waals surface area contributed by atoms with Gasteiger partial charge in [0.05, 0.1) is 61.5 Å². The van der Waals surface area contributed by atoms with Crippen molar-refractivity contribution in [2.24, 2.45) is 5.41 Å². The van der Waals surface area contributed by atoms with Gasteiger partial charge in [-0.3, -0.25) is 14.5 Å². The van der Waals surface area contributed by atoms with Crippen molar-refractivity contribution in [1.29, 1.82) is 0 Å². The number of anilines is 2. The van der Waals surface area contributed by atoms with E-state index < -0.39 is 26.7 Å². The maximum atomic E-state index is 14.6. The third kappa shape index (κ3) is 10.0. The second-order valence-corrected chi connectivity index (χ2v) is 25.4. The molecule has 3 aromatic carbocycles. The standard InChI is InChI=1S/C54H68N4O10Si/c1-11-22-66-51(61)56-33-39-27-38(37-18-16-35(3)17-19-37)32-55(39)48(59)41-28-46(63-8)47(29-42(41)56)65-25-15-13-14-24-64-45-30-43-40(26-36(45)4)49(60)57-34-54(20-21-54)31-44(57)50(58(43)52(62)67-23-12-2)68-69(9,10)53(5,6)7/h11-12,16-19,26,28-30,32,39,44,50H,1-2,13-15,20-25,27,31,33-34H2,3-10H3/t39-,44-,50-/m0/s1. The van der Waals surface area contributed by atoms with Crippen LogP contribution in [-0.4, -0.2) is 107 Å². The van der Waals surface area contributed by atoms with Crippen molar-refractivity contribution in [3.63, 3.8) is 0 Å². The van der Waals surface area contributed by atoms with Gasteiger partial charge in [0.1, 0.15) is 19.0 Å². The molecule has 69 heavy (non-hydrogen) atoms. The smallest absolute Gasteiger partial charge is 0.416 e. The van der Waals surface area contributed by atoms with E-state index in [1.54, 1.807) is 28.0 Å². The van der Waals surface area contributed by atoms with Gasteiger partial charge in [0.15, 0.2) is 26.0 Å². The molecule has 15 heteroatoms. The molecule has 0 N–H and O–H groups in total. The van der Waals surface area contributed by atoms with Gasteiger partial charge in [0.25, 0.3) is 11.8 Å². The van der Waals surface area contributed by atoms with Crippen LogP contribution < -0.4 is 24.0 Å². The van der Waals surface area contributed by atoms with Gasteiger partial charge in [0, 0.05) is 24.9 Å². The molecular weight excluding hydrogens is 893 g/mol. The van der Waals surface area contributed by atoms with Crippen LogP contribution in [0.15, 0.2) is 80.0 Å². The number of benzene rings is 3. The van der Waals surface area contributed by atoms with Crippen LogP contribution in [0.3, 0.4) is 0 Å². The lowest BCUT2D eigenvalue weighted by Crippen LogP contribution is -2.58. The fraction of sp³-hybridized carbons (Fsp3) is 0.481. The zero-order valence-electron chi connectivity index (χ0n) is 41.6. The van der Waals surface area contributed by atoms with E-state index in [0.717, 1.165) is 47.9 Å². The summed E-state index contributed by atoms with van der Waals surface area (Å²) >= 11 is 0. The third-order valence-corrected chi connectivity index (χ3v) is 19.2.